The summed E-state index contributed by atoms with van der Waals surface area (Å²) in [5, 5.41) is 12.0. The molecular weight excluding hydrogens is 406 g/mol. The number of phenolic OH excluding ortho intramolecular Hbond substituents is 1. The first kappa shape index (κ1) is 18.3. The number of fused-ring (bicyclic) bond motifs is 2. The van der Waals surface area contributed by atoms with Crippen LogP contribution in [0.5, 0.6) is 17.2 Å². The molecule has 0 saturated carbocycles. The summed E-state index contributed by atoms with van der Waals surface area (Å²) in [5.74, 6) is -3.73. The van der Waals surface area contributed by atoms with E-state index in [2.05, 4.69) is 14.8 Å². The van der Waals surface area contributed by atoms with E-state index in [1.165, 1.54) is 48.5 Å². The fourth-order valence-electron chi connectivity index (χ4n) is 3.95. The van der Waals surface area contributed by atoms with E-state index >= 15 is 0 Å². The lowest BCUT2D eigenvalue weighted by atomic mass is 9.70. The van der Waals surface area contributed by atoms with E-state index in [0.29, 0.717) is 5.56 Å². The Kier molecular flexibility index (Phi) is 3.59. The molecule has 3 aromatic carbocycles. The van der Waals surface area contributed by atoms with Gasteiger partial charge in [0.2, 0.25) is 5.91 Å². The van der Waals surface area contributed by atoms with Crippen molar-refractivity contribution in [1.82, 2.24) is 0 Å². The number of alkyl halides is 2. The Morgan fingerprint density at radius 1 is 0.867 bits per heavy atom. The first-order valence-corrected chi connectivity index (χ1v) is 8.72. The number of hydrogen-bond donors (Lipinski definition) is 2. The number of carbonyl (C=O) groups is 1. The van der Waals surface area contributed by atoms with Crippen molar-refractivity contribution < 1.29 is 36.9 Å². The highest BCUT2D eigenvalue weighted by Crippen LogP contribution is 2.51. The molecule has 5 nitrogen and oxygen atoms in total. The number of halogens is 4. The molecule has 3 aromatic rings. The normalized spacial score (nSPS) is 20.7. The van der Waals surface area contributed by atoms with E-state index in [1.54, 1.807) is 0 Å². The molecule has 0 radical (unpaired) electrons. The van der Waals surface area contributed by atoms with Crippen molar-refractivity contribution in [3.63, 3.8) is 0 Å². The second-order valence-corrected chi connectivity index (χ2v) is 6.86. The van der Waals surface area contributed by atoms with Gasteiger partial charge in [-0.3, -0.25) is 4.79 Å². The van der Waals surface area contributed by atoms with Gasteiger partial charge in [-0.2, -0.15) is 0 Å². The first-order chi connectivity index (χ1) is 14.2. The molecule has 0 fully saturated rings. The lowest BCUT2D eigenvalue weighted by Crippen LogP contribution is -2.37. The van der Waals surface area contributed by atoms with Crippen molar-refractivity contribution in [3.8, 4) is 17.2 Å². The fourth-order valence-corrected chi connectivity index (χ4v) is 3.95. The summed E-state index contributed by atoms with van der Waals surface area (Å²) >= 11 is 0. The maximum absolute atomic E-state index is 14.5. The molecule has 1 amide bonds. The number of phenols is 1. The number of carbonyl (C=O) groups excluding carboxylic acids is 1. The van der Waals surface area contributed by atoms with Crippen molar-refractivity contribution in [3.05, 3.63) is 82.9 Å². The van der Waals surface area contributed by atoms with Gasteiger partial charge in [-0.25, -0.2) is 8.78 Å². The fraction of sp³-hybridized carbons (Fsp3) is 0.0952. The van der Waals surface area contributed by atoms with Gasteiger partial charge in [0.25, 0.3) is 0 Å². The van der Waals surface area contributed by atoms with E-state index in [9.17, 15) is 27.5 Å². The number of ether oxygens (including phenoxy) is 2. The van der Waals surface area contributed by atoms with Crippen LogP contribution in [-0.4, -0.2) is 17.3 Å². The topological polar surface area (TPSA) is 67.8 Å². The first-order valence-electron chi connectivity index (χ1n) is 8.72. The Morgan fingerprint density at radius 2 is 1.53 bits per heavy atom. The molecular formula is C21H11F4NO4. The third-order valence-corrected chi connectivity index (χ3v) is 5.21. The zero-order valence-corrected chi connectivity index (χ0v) is 14.9. The number of amides is 1. The Morgan fingerprint density at radius 3 is 2.27 bits per heavy atom. The van der Waals surface area contributed by atoms with Crippen LogP contribution in [0.1, 0.15) is 16.7 Å². The predicted molar refractivity (Wildman–Crippen MR) is 95.6 cm³/mol. The minimum Gasteiger partial charge on any atom is -0.508 e. The van der Waals surface area contributed by atoms with E-state index in [-0.39, 0.29) is 34.1 Å². The van der Waals surface area contributed by atoms with Gasteiger partial charge in [-0.15, -0.1) is 8.78 Å². The number of nitrogens with one attached hydrogen (secondary N) is 1. The SMILES string of the molecule is O=C1Nc2c(ccc(F)c2F)C1(c1ccc(O)cc1)c1ccc2c(c1)OC(F)(F)O2. The highest BCUT2D eigenvalue weighted by molar-refractivity contribution is 6.11. The summed E-state index contributed by atoms with van der Waals surface area (Å²) in [6.07, 6.45) is -3.86. The number of rotatable bonds is 2. The lowest BCUT2D eigenvalue weighted by molar-refractivity contribution is -0.286. The van der Waals surface area contributed by atoms with Crippen LogP contribution in [0.3, 0.4) is 0 Å². The molecule has 2 N–H and O–H groups in total. The average Bonchev–Trinajstić information content (AvgIpc) is 3.17. The van der Waals surface area contributed by atoms with Crippen LogP contribution < -0.4 is 14.8 Å². The molecule has 1 atom stereocenters. The van der Waals surface area contributed by atoms with Crippen LogP contribution in [0.15, 0.2) is 54.6 Å². The number of aromatic hydroxyl groups is 1. The van der Waals surface area contributed by atoms with Gasteiger partial charge in [-0.1, -0.05) is 24.3 Å². The number of benzene rings is 3. The quantitative estimate of drug-likeness (QED) is 0.611. The molecule has 2 heterocycles. The summed E-state index contributed by atoms with van der Waals surface area (Å²) in [6, 6.07) is 11.4. The second-order valence-electron chi connectivity index (χ2n) is 6.86. The predicted octanol–water partition coefficient (Wildman–Crippen LogP) is 4.28. The van der Waals surface area contributed by atoms with Gasteiger partial charge >= 0.3 is 6.29 Å². The van der Waals surface area contributed by atoms with Crippen molar-refractivity contribution in [1.29, 1.82) is 0 Å². The lowest BCUT2D eigenvalue weighted by Gasteiger charge is -2.29. The Hall–Kier alpha value is -3.75. The van der Waals surface area contributed by atoms with Gasteiger partial charge in [0.1, 0.15) is 11.2 Å². The molecule has 9 heteroatoms. The molecule has 0 spiro atoms. The minimum absolute atomic E-state index is 0.0804. The maximum Gasteiger partial charge on any atom is 0.586 e. The largest absolute Gasteiger partial charge is 0.586 e. The van der Waals surface area contributed by atoms with Crippen molar-refractivity contribution in [2.24, 2.45) is 0 Å². The number of hydrogen-bond acceptors (Lipinski definition) is 4. The van der Waals surface area contributed by atoms with Gasteiger partial charge in [-0.05, 0) is 41.5 Å². The van der Waals surface area contributed by atoms with Gasteiger partial charge in [0.05, 0.1) is 5.69 Å². The van der Waals surface area contributed by atoms with E-state index in [4.69, 9.17) is 0 Å². The van der Waals surface area contributed by atoms with Crippen LogP contribution in [0, 0.1) is 11.6 Å². The average molecular weight is 417 g/mol. The molecule has 2 aliphatic heterocycles. The van der Waals surface area contributed by atoms with Crippen molar-refractivity contribution in [2.45, 2.75) is 11.7 Å². The van der Waals surface area contributed by atoms with E-state index < -0.39 is 29.3 Å². The minimum atomic E-state index is -3.86. The zero-order chi connectivity index (χ0) is 21.3. The van der Waals surface area contributed by atoms with Crippen LogP contribution in [0.2, 0.25) is 0 Å². The smallest absolute Gasteiger partial charge is 0.508 e. The highest BCUT2D eigenvalue weighted by Gasteiger charge is 2.52. The molecule has 0 aliphatic carbocycles. The third-order valence-electron chi connectivity index (χ3n) is 5.21. The molecule has 0 bridgehead atoms. The molecule has 1 unspecified atom stereocenters. The Balaban J connectivity index is 1.81. The second kappa shape index (κ2) is 5.88. The molecule has 30 heavy (non-hydrogen) atoms. The monoisotopic (exact) mass is 417 g/mol. The maximum atomic E-state index is 14.5. The number of anilines is 1. The van der Waals surface area contributed by atoms with E-state index in [1.807, 2.05) is 0 Å². The van der Waals surface area contributed by atoms with Crippen LogP contribution in [0.4, 0.5) is 23.2 Å². The highest BCUT2D eigenvalue weighted by atomic mass is 19.3. The van der Waals surface area contributed by atoms with E-state index in [0.717, 1.165) is 6.07 Å². The third kappa shape index (κ3) is 2.38. The molecule has 5 rings (SSSR count). The molecule has 0 aromatic heterocycles. The van der Waals surface area contributed by atoms with Crippen LogP contribution in [-0.2, 0) is 10.2 Å². The summed E-state index contributed by atoms with van der Waals surface area (Å²) in [7, 11) is 0. The molecule has 0 saturated heterocycles. The summed E-state index contributed by atoms with van der Waals surface area (Å²) in [6.45, 7) is 0. The van der Waals surface area contributed by atoms with Gasteiger partial charge in [0.15, 0.2) is 23.1 Å². The van der Waals surface area contributed by atoms with Crippen LogP contribution in [0.25, 0.3) is 0 Å². The van der Waals surface area contributed by atoms with Crippen LogP contribution >= 0.6 is 0 Å². The summed E-state index contributed by atoms with van der Waals surface area (Å²) in [5.41, 5.74) is -1.52. The Bertz CT molecular complexity index is 1210. The molecule has 152 valence electrons. The summed E-state index contributed by atoms with van der Waals surface area (Å²) in [4.78, 5) is 13.2. The summed E-state index contributed by atoms with van der Waals surface area (Å²) < 4.78 is 64.1. The van der Waals surface area contributed by atoms with Crippen molar-refractivity contribution >= 4 is 11.6 Å². The Labute approximate surface area is 166 Å². The molecule has 2 aliphatic rings. The zero-order valence-electron chi connectivity index (χ0n) is 14.9. The van der Waals surface area contributed by atoms with Crippen molar-refractivity contribution in [2.75, 3.05) is 5.32 Å². The standard InChI is InChI=1S/C21H11F4NO4/c22-14-7-6-13-18(17(14)23)26-19(28)20(13,10-1-4-12(27)5-2-10)11-3-8-15-16(9-11)30-21(24,25)29-15/h1-9,27H,(H,26,28). The van der Waals surface area contributed by atoms with Gasteiger partial charge < -0.3 is 19.9 Å². The van der Waals surface area contributed by atoms with Gasteiger partial charge in [0, 0.05) is 5.56 Å².